The van der Waals surface area contributed by atoms with E-state index in [-0.39, 0.29) is 6.04 Å². The van der Waals surface area contributed by atoms with Crippen LogP contribution >= 0.6 is 0 Å². The zero-order valence-corrected chi connectivity index (χ0v) is 12.1. The molecule has 1 nitrogen and oxygen atoms in total. The van der Waals surface area contributed by atoms with Crippen molar-refractivity contribution in [1.82, 2.24) is 0 Å². The fourth-order valence-corrected chi connectivity index (χ4v) is 1.89. The molecule has 0 saturated heterocycles. The highest BCUT2D eigenvalue weighted by Gasteiger charge is 2.05. The van der Waals surface area contributed by atoms with Gasteiger partial charge in [0.05, 0.1) is 6.04 Å². The molecule has 0 amide bonds. The van der Waals surface area contributed by atoms with E-state index >= 15 is 0 Å². The maximum absolute atomic E-state index is 4.66. The zero-order valence-electron chi connectivity index (χ0n) is 12.1. The third-order valence-corrected chi connectivity index (χ3v) is 2.91. The Labute approximate surface area is 117 Å². The lowest BCUT2D eigenvalue weighted by molar-refractivity contribution is 0.742. The summed E-state index contributed by atoms with van der Waals surface area (Å²) in [7, 11) is 0. The van der Waals surface area contributed by atoms with Gasteiger partial charge in [-0.2, -0.15) is 0 Å². The van der Waals surface area contributed by atoms with Gasteiger partial charge in [0.15, 0.2) is 0 Å². The van der Waals surface area contributed by atoms with E-state index in [2.05, 4.69) is 73.5 Å². The molecule has 0 aliphatic carbocycles. The smallest absolute Gasteiger partial charge is 0.0779 e. The number of hydrogen-bond donors (Lipinski definition) is 0. The molecule has 0 aliphatic heterocycles. The van der Waals surface area contributed by atoms with E-state index in [9.17, 15) is 0 Å². The van der Waals surface area contributed by atoms with Crippen molar-refractivity contribution in [2.24, 2.45) is 4.99 Å². The predicted molar refractivity (Wildman–Crippen MR) is 85.8 cm³/mol. The summed E-state index contributed by atoms with van der Waals surface area (Å²) in [5.74, 6) is 0. The van der Waals surface area contributed by atoms with Crippen LogP contribution in [-0.2, 0) is 0 Å². The van der Waals surface area contributed by atoms with Crippen molar-refractivity contribution in [3.05, 3.63) is 60.2 Å². The fourth-order valence-electron chi connectivity index (χ4n) is 1.89. The summed E-state index contributed by atoms with van der Waals surface area (Å²) in [6.45, 7) is 4.19. The number of nitrogens with zero attached hydrogens (tertiary/aromatic N) is 1. The Bertz CT molecular complexity index is 401. The molecule has 1 atom stereocenters. The van der Waals surface area contributed by atoms with Gasteiger partial charge in [-0.05, 0) is 44.4 Å². The maximum Gasteiger partial charge on any atom is 0.0779 e. The first-order valence-corrected chi connectivity index (χ1v) is 7.21. The first-order chi connectivity index (χ1) is 9.38. The van der Waals surface area contributed by atoms with Gasteiger partial charge >= 0.3 is 0 Å². The van der Waals surface area contributed by atoms with Crippen molar-refractivity contribution < 1.29 is 0 Å². The Morgan fingerprint density at radius 3 is 2.47 bits per heavy atom. The van der Waals surface area contributed by atoms with E-state index in [4.69, 9.17) is 0 Å². The van der Waals surface area contributed by atoms with Crippen LogP contribution < -0.4 is 0 Å². The zero-order chi connectivity index (χ0) is 13.8. The summed E-state index contributed by atoms with van der Waals surface area (Å²) in [6.07, 6.45) is 15.1. The van der Waals surface area contributed by atoms with Crippen LogP contribution in [0.3, 0.4) is 0 Å². The van der Waals surface area contributed by atoms with Gasteiger partial charge in [0.25, 0.3) is 0 Å². The molecule has 0 spiro atoms. The minimum Gasteiger partial charge on any atom is -0.289 e. The van der Waals surface area contributed by atoms with Crippen LogP contribution in [-0.4, -0.2) is 6.21 Å². The SMILES string of the molecule is CC=CCCC=CCC(N=CCC)c1ccccc1. The number of rotatable bonds is 8. The van der Waals surface area contributed by atoms with Crippen LogP contribution in [0.1, 0.15) is 51.1 Å². The molecule has 0 aromatic heterocycles. The summed E-state index contributed by atoms with van der Waals surface area (Å²) in [5, 5.41) is 0. The first kappa shape index (κ1) is 15.4. The second-order valence-corrected chi connectivity index (χ2v) is 4.52. The largest absolute Gasteiger partial charge is 0.289 e. The van der Waals surface area contributed by atoms with E-state index < -0.39 is 0 Å². The summed E-state index contributed by atoms with van der Waals surface area (Å²) < 4.78 is 0. The molecule has 1 aromatic rings. The van der Waals surface area contributed by atoms with E-state index in [1.807, 2.05) is 6.21 Å². The Hall–Kier alpha value is -1.63. The molecule has 0 aliphatic rings. The average molecular weight is 255 g/mol. The number of allylic oxidation sites excluding steroid dienone is 3. The minimum absolute atomic E-state index is 0.263. The van der Waals surface area contributed by atoms with Gasteiger partial charge in [-0.15, -0.1) is 0 Å². The third kappa shape index (κ3) is 6.76. The maximum atomic E-state index is 4.66. The molecular formula is C18H25N. The molecule has 0 saturated carbocycles. The van der Waals surface area contributed by atoms with Crippen LogP contribution in [0.4, 0.5) is 0 Å². The summed E-state index contributed by atoms with van der Waals surface area (Å²) in [4.78, 5) is 4.66. The lowest BCUT2D eigenvalue weighted by atomic mass is 10.0. The second kappa shape index (κ2) is 10.3. The fraction of sp³-hybridized carbons (Fsp3) is 0.389. The standard InChI is InChI=1S/C18H25N/c1-3-5-6-7-8-12-15-18(19-16-4-2)17-13-10-9-11-14-17/h3,5,8-14,16,18H,4,6-7,15H2,1-2H3. The van der Waals surface area contributed by atoms with E-state index in [0.717, 1.165) is 25.7 Å². The molecule has 1 rings (SSSR count). The van der Waals surface area contributed by atoms with Crippen molar-refractivity contribution in [1.29, 1.82) is 0 Å². The highest BCUT2D eigenvalue weighted by Crippen LogP contribution is 2.21. The van der Waals surface area contributed by atoms with Gasteiger partial charge in [0, 0.05) is 0 Å². The Morgan fingerprint density at radius 1 is 1.05 bits per heavy atom. The van der Waals surface area contributed by atoms with Gasteiger partial charge < -0.3 is 0 Å². The van der Waals surface area contributed by atoms with Crippen molar-refractivity contribution in [3.63, 3.8) is 0 Å². The van der Waals surface area contributed by atoms with Crippen LogP contribution in [0.25, 0.3) is 0 Å². The Balaban J connectivity index is 2.53. The van der Waals surface area contributed by atoms with E-state index in [0.29, 0.717) is 0 Å². The molecule has 1 unspecified atom stereocenters. The molecule has 1 aromatic carbocycles. The Kier molecular flexibility index (Phi) is 8.37. The van der Waals surface area contributed by atoms with Crippen molar-refractivity contribution in [2.45, 2.75) is 45.6 Å². The van der Waals surface area contributed by atoms with Gasteiger partial charge in [-0.25, -0.2) is 0 Å². The second-order valence-electron chi connectivity index (χ2n) is 4.52. The number of unbranched alkanes of at least 4 members (excludes halogenated alkanes) is 1. The molecule has 19 heavy (non-hydrogen) atoms. The first-order valence-electron chi connectivity index (χ1n) is 7.21. The highest BCUT2D eigenvalue weighted by molar-refractivity contribution is 5.57. The average Bonchev–Trinajstić information content (AvgIpc) is 2.46. The van der Waals surface area contributed by atoms with Crippen LogP contribution in [0.5, 0.6) is 0 Å². The quantitative estimate of drug-likeness (QED) is 0.330. The third-order valence-electron chi connectivity index (χ3n) is 2.91. The Morgan fingerprint density at radius 2 is 1.79 bits per heavy atom. The number of benzene rings is 1. The molecule has 102 valence electrons. The summed E-state index contributed by atoms with van der Waals surface area (Å²) in [5.41, 5.74) is 1.30. The molecule has 0 fully saturated rings. The normalized spacial score (nSPS) is 13.8. The molecule has 0 radical (unpaired) electrons. The molecule has 0 heterocycles. The topological polar surface area (TPSA) is 12.4 Å². The molecule has 0 bridgehead atoms. The van der Waals surface area contributed by atoms with Gasteiger partial charge in [-0.1, -0.05) is 61.6 Å². The number of aliphatic imine (C=N–C) groups is 1. The van der Waals surface area contributed by atoms with Crippen LogP contribution in [0, 0.1) is 0 Å². The monoisotopic (exact) mass is 255 g/mol. The highest BCUT2D eigenvalue weighted by atomic mass is 14.8. The van der Waals surface area contributed by atoms with Gasteiger partial charge in [0.2, 0.25) is 0 Å². The van der Waals surface area contributed by atoms with Gasteiger partial charge in [0.1, 0.15) is 0 Å². The molecule has 0 N–H and O–H groups in total. The van der Waals surface area contributed by atoms with Crippen LogP contribution in [0.2, 0.25) is 0 Å². The van der Waals surface area contributed by atoms with E-state index in [1.54, 1.807) is 0 Å². The van der Waals surface area contributed by atoms with Crippen molar-refractivity contribution in [3.8, 4) is 0 Å². The number of hydrogen-bond acceptors (Lipinski definition) is 1. The lowest BCUT2D eigenvalue weighted by Crippen LogP contribution is -1.94. The molecular weight excluding hydrogens is 230 g/mol. The van der Waals surface area contributed by atoms with E-state index in [1.165, 1.54) is 5.56 Å². The molecule has 1 heteroatoms. The van der Waals surface area contributed by atoms with Gasteiger partial charge in [-0.3, -0.25) is 4.99 Å². The van der Waals surface area contributed by atoms with Crippen molar-refractivity contribution in [2.75, 3.05) is 0 Å². The minimum atomic E-state index is 0.263. The summed E-state index contributed by atoms with van der Waals surface area (Å²) in [6, 6.07) is 10.8. The predicted octanol–water partition coefficient (Wildman–Crippen LogP) is 5.51. The van der Waals surface area contributed by atoms with Crippen molar-refractivity contribution >= 4 is 6.21 Å². The lowest BCUT2D eigenvalue weighted by Gasteiger charge is -2.10. The van der Waals surface area contributed by atoms with Crippen LogP contribution in [0.15, 0.2) is 59.6 Å². The summed E-state index contributed by atoms with van der Waals surface area (Å²) >= 11 is 0.